The predicted octanol–water partition coefficient (Wildman–Crippen LogP) is 4.52. The Hall–Kier alpha value is -2.62. The molecule has 0 spiro atoms. The van der Waals surface area contributed by atoms with Crippen LogP contribution < -0.4 is 5.32 Å². The Bertz CT molecular complexity index is 831. The lowest BCUT2D eigenvalue weighted by atomic mass is 9.87. The highest BCUT2D eigenvalue weighted by Gasteiger charge is 2.38. The van der Waals surface area contributed by atoms with Crippen molar-refractivity contribution in [1.29, 1.82) is 0 Å². The Kier molecular flexibility index (Phi) is 6.83. The summed E-state index contributed by atoms with van der Waals surface area (Å²) in [5, 5.41) is 3.11. The summed E-state index contributed by atoms with van der Waals surface area (Å²) in [6.07, 6.45) is 6.77. The number of carbonyl (C=O) groups excluding carboxylic acids is 2. The summed E-state index contributed by atoms with van der Waals surface area (Å²) < 4.78 is 0. The molecule has 2 aromatic rings. The number of benzene rings is 2. The lowest BCUT2D eigenvalue weighted by Crippen LogP contribution is -2.48. The molecule has 4 heteroatoms. The Balaban J connectivity index is 1.40. The lowest BCUT2D eigenvalue weighted by molar-refractivity contribution is -0.142. The van der Waals surface area contributed by atoms with Gasteiger partial charge in [-0.3, -0.25) is 9.59 Å². The van der Waals surface area contributed by atoms with Gasteiger partial charge < -0.3 is 10.2 Å². The molecular formula is C26H32N2O2. The number of hydrogen-bond donors (Lipinski definition) is 1. The molecule has 2 fully saturated rings. The molecule has 2 amide bonds. The van der Waals surface area contributed by atoms with Crippen molar-refractivity contribution in [1.82, 2.24) is 10.2 Å². The van der Waals surface area contributed by atoms with Crippen LogP contribution in [0.15, 0.2) is 60.7 Å². The maximum absolute atomic E-state index is 13.3. The van der Waals surface area contributed by atoms with Crippen LogP contribution >= 0.6 is 0 Å². The van der Waals surface area contributed by atoms with Crippen molar-refractivity contribution in [3.8, 4) is 0 Å². The fraction of sp³-hybridized carbons (Fsp3) is 0.462. The quantitative estimate of drug-likeness (QED) is 0.770. The fourth-order valence-electron chi connectivity index (χ4n) is 4.98. The molecule has 158 valence electrons. The van der Waals surface area contributed by atoms with Gasteiger partial charge in [-0.1, -0.05) is 73.5 Å². The van der Waals surface area contributed by atoms with Gasteiger partial charge in [0.25, 0.3) is 0 Å². The number of nitrogens with zero attached hydrogens (tertiary/aromatic N) is 1. The number of nitrogens with one attached hydrogen (secondary N) is 1. The molecule has 1 aliphatic heterocycles. The monoisotopic (exact) mass is 404 g/mol. The molecule has 1 aliphatic carbocycles. The van der Waals surface area contributed by atoms with E-state index in [0.717, 1.165) is 44.9 Å². The van der Waals surface area contributed by atoms with Crippen LogP contribution in [0.2, 0.25) is 0 Å². The van der Waals surface area contributed by atoms with Crippen LogP contribution in [0.25, 0.3) is 0 Å². The van der Waals surface area contributed by atoms with Gasteiger partial charge in [0.05, 0.1) is 12.0 Å². The zero-order valence-electron chi connectivity index (χ0n) is 17.6. The highest BCUT2D eigenvalue weighted by Crippen LogP contribution is 2.37. The standard InChI is InChI=1S/C26H32N2O2/c29-25(27-18-17-20-9-3-1-4-10-20)23-15-16-24(21-11-5-2-6-12-21)28(19-23)26(30)22-13-7-8-14-22/h1-6,9-12,22-24H,7-8,13-19H2,(H,27,29). The van der Waals surface area contributed by atoms with Crippen LogP contribution in [0, 0.1) is 11.8 Å². The van der Waals surface area contributed by atoms with E-state index in [4.69, 9.17) is 0 Å². The summed E-state index contributed by atoms with van der Waals surface area (Å²) in [7, 11) is 0. The van der Waals surface area contributed by atoms with Gasteiger partial charge in [-0.15, -0.1) is 0 Å². The van der Waals surface area contributed by atoms with Gasteiger partial charge in [-0.2, -0.15) is 0 Å². The average Bonchev–Trinajstić information content (AvgIpc) is 3.34. The molecule has 1 saturated heterocycles. The Morgan fingerprint density at radius 1 is 0.833 bits per heavy atom. The van der Waals surface area contributed by atoms with Gasteiger partial charge in [0, 0.05) is 19.0 Å². The van der Waals surface area contributed by atoms with E-state index in [-0.39, 0.29) is 29.7 Å². The molecule has 2 aliphatic rings. The number of piperidine rings is 1. The lowest BCUT2D eigenvalue weighted by Gasteiger charge is -2.40. The normalized spacial score (nSPS) is 22.1. The van der Waals surface area contributed by atoms with Crippen molar-refractivity contribution in [3.63, 3.8) is 0 Å². The van der Waals surface area contributed by atoms with Crippen LogP contribution in [-0.2, 0) is 16.0 Å². The first-order valence-electron chi connectivity index (χ1n) is 11.4. The summed E-state index contributed by atoms with van der Waals surface area (Å²) in [6.45, 7) is 1.17. The second-order valence-electron chi connectivity index (χ2n) is 8.70. The highest BCUT2D eigenvalue weighted by atomic mass is 16.2. The van der Waals surface area contributed by atoms with Gasteiger partial charge in [0.2, 0.25) is 11.8 Å². The van der Waals surface area contributed by atoms with E-state index < -0.39 is 0 Å². The van der Waals surface area contributed by atoms with E-state index in [9.17, 15) is 9.59 Å². The summed E-state index contributed by atoms with van der Waals surface area (Å²) in [4.78, 5) is 28.2. The first-order chi connectivity index (χ1) is 14.7. The van der Waals surface area contributed by atoms with Gasteiger partial charge >= 0.3 is 0 Å². The van der Waals surface area contributed by atoms with E-state index in [1.54, 1.807) is 0 Å². The highest BCUT2D eigenvalue weighted by molar-refractivity contribution is 5.83. The third-order valence-corrected chi connectivity index (χ3v) is 6.68. The molecule has 4 rings (SSSR count). The Morgan fingerprint density at radius 3 is 2.20 bits per heavy atom. The second-order valence-corrected chi connectivity index (χ2v) is 8.70. The van der Waals surface area contributed by atoms with Crippen molar-refractivity contribution in [3.05, 3.63) is 71.8 Å². The molecular weight excluding hydrogens is 372 g/mol. The summed E-state index contributed by atoms with van der Waals surface area (Å²) in [5.74, 6) is 0.354. The molecule has 2 unspecified atom stereocenters. The molecule has 1 N–H and O–H groups in total. The first-order valence-corrected chi connectivity index (χ1v) is 11.4. The number of carbonyl (C=O) groups is 2. The summed E-state index contributed by atoms with van der Waals surface area (Å²) >= 11 is 0. The summed E-state index contributed by atoms with van der Waals surface area (Å²) in [6, 6.07) is 20.6. The molecule has 1 heterocycles. The van der Waals surface area contributed by atoms with Crippen molar-refractivity contribution in [2.45, 2.75) is 51.0 Å². The van der Waals surface area contributed by atoms with E-state index in [1.807, 2.05) is 41.3 Å². The molecule has 0 bridgehead atoms. The van der Waals surface area contributed by atoms with Crippen molar-refractivity contribution in [2.24, 2.45) is 11.8 Å². The number of amides is 2. The van der Waals surface area contributed by atoms with E-state index in [1.165, 1.54) is 11.1 Å². The predicted molar refractivity (Wildman–Crippen MR) is 119 cm³/mol. The SMILES string of the molecule is O=C(NCCc1ccccc1)C1CCC(c2ccccc2)N(C(=O)C2CCCC2)C1. The zero-order valence-corrected chi connectivity index (χ0v) is 17.6. The van der Waals surface area contributed by atoms with Crippen LogP contribution in [0.4, 0.5) is 0 Å². The van der Waals surface area contributed by atoms with Gasteiger partial charge in [0.15, 0.2) is 0 Å². The van der Waals surface area contributed by atoms with E-state index >= 15 is 0 Å². The minimum atomic E-state index is -0.119. The van der Waals surface area contributed by atoms with Crippen molar-refractivity contribution >= 4 is 11.8 Å². The van der Waals surface area contributed by atoms with Crippen LogP contribution in [0.1, 0.15) is 55.7 Å². The minimum Gasteiger partial charge on any atom is -0.355 e. The van der Waals surface area contributed by atoms with Crippen molar-refractivity contribution < 1.29 is 9.59 Å². The van der Waals surface area contributed by atoms with Crippen molar-refractivity contribution in [2.75, 3.05) is 13.1 Å². The molecule has 2 aromatic carbocycles. The molecule has 1 saturated carbocycles. The Labute approximate surface area is 179 Å². The first kappa shape index (κ1) is 20.6. The molecule has 0 radical (unpaired) electrons. The van der Waals surface area contributed by atoms with E-state index in [2.05, 4.69) is 29.6 Å². The zero-order chi connectivity index (χ0) is 20.8. The third kappa shape index (κ3) is 4.92. The van der Waals surface area contributed by atoms with Gasteiger partial charge in [-0.05, 0) is 43.2 Å². The smallest absolute Gasteiger partial charge is 0.226 e. The number of likely N-dealkylation sites (tertiary alicyclic amines) is 1. The minimum absolute atomic E-state index is 0.0849. The number of rotatable bonds is 6. The Morgan fingerprint density at radius 2 is 1.50 bits per heavy atom. The fourth-order valence-corrected chi connectivity index (χ4v) is 4.98. The number of hydrogen-bond acceptors (Lipinski definition) is 2. The van der Waals surface area contributed by atoms with E-state index in [0.29, 0.717) is 13.1 Å². The topological polar surface area (TPSA) is 49.4 Å². The van der Waals surface area contributed by atoms with Gasteiger partial charge in [0.1, 0.15) is 0 Å². The largest absolute Gasteiger partial charge is 0.355 e. The van der Waals surface area contributed by atoms with Gasteiger partial charge in [-0.25, -0.2) is 0 Å². The van der Waals surface area contributed by atoms with Crippen LogP contribution in [-0.4, -0.2) is 29.8 Å². The third-order valence-electron chi connectivity index (χ3n) is 6.68. The molecule has 30 heavy (non-hydrogen) atoms. The average molecular weight is 405 g/mol. The molecule has 2 atom stereocenters. The summed E-state index contributed by atoms with van der Waals surface area (Å²) in [5.41, 5.74) is 2.41. The van der Waals surface area contributed by atoms with Crippen LogP contribution in [0.5, 0.6) is 0 Å². The van der Waals surface area contributed by atoms with Crippen LogP contribution in [0.3, 0.4) is 0 Å². The second kappa shape index (κ2) is 9.92. The maximum Gasteiger partial charge on any atom is 0.226 e. The molecule has 4 nitrogen and oxygen atoms in total. The maximum atomic E-state index is 13.3. The molecule has 0 aromatic heterocycles.